The Hall–Kier alpha value is -1.53. The van der Waals surface area contributed by atoms with Crippen molar-refractivity contribution < 1.29 is 19.1 Å². The van der Waals surface area contributed by atoms with Gasteiger partial charge in [0.1, 0.15) is 17.1 Å². The van der Waals surface area contributed by atoms with Crippen LogP contribution in [0.4, 0.5) is 4.79 Å². The molecule has 2 amide bonds. The van der Waals surface area contributed by atoms with E-state index in [1.807, 2.05) is 6.92 Å². The predicted octanol–water partition coefficient (Wildman–Crippen LogP) is 2.55. The van der Waals surface area contributed by atoms with E-state index in [2.05, 4.69) is 31.4 Å². The van der Waals surface area contributed by atoms with Crippen molar-refractivity contribution in [3.63, 3.8) is 0 Å². The van der Waals surface area contributed by atoms with Crippen molar-refractivity contribution in [3.8, 4) is 0 Å². The highest BCUT2D eigenvalue weighted by atomic mass is 16.5. The third kappa shape index (κ3) is 4.74. The van der Waals surface area contributed by atoms with E-state index in [0.717, 1.165) is 18.8 Å². The number of aryl methyl sites for hydroxylation is 1. The average molecular weight is 338 g/mol. The highest BCUT2D eigenvalue weighted by Gasteiger charge is 2.37. The van der Waals surface area contributed by atoms with E-state index in [-0.39, 0.29) is 24.1 Å². The molecule has 3 atom stereocenters. The lowest BCUT2D eigenvalue weighted by Gasteiger charge is -2.31. The highest BCUT2D eigenvalue weighted by molar-refractivity contribution is 5.73. The van der Waals surface area contributed by atoms with E-state index in [0.29, 0.717) is 18.2 Å². The molecule has 1 fully saturated rings. The Labute approximate surface area is 143 Å². The molecule has 0 radical (unpaired) electrons. The van der Waals surface area contributed by atoms with E-state index in [4.69, 9.17) is 9.15 Å². The summed E-state index contributed by atoms with van der Waals surface area (Å²) in [7, 11) is 0. The van der Waals surface area contributed by atoms with Crippen molar-refractivity contribution in [2.45, 2.75) is 52.7 Å². The normalized spacial score (nSPS) is 23.8. The van der Waals surface area contributed by atoms with E-state index in [1.54, 1.807) is 19.1 Å². The lowest BCUT2D eigenvalue weighted by Crippen LogP contribution is -2.46. The van der Waals surface area contributed by atoms with Crippen molar-refractivity contribution in [3.05, 3.63) is 23.7 Å². The number of urea groups is 1. The van der Waals surface area contributed by atoms with Gasteiger partial charge in [-0.2, -0.15) is 0 Å². The molecule has 136 valence electrons. The number of furan rings is 1. The molecule has 0 bridgehead atoms. The predicted molar refractivity (Wildman–Crippen MR) is 91.7 cm³/mol. The van der Waals surface area contributed by atoms with Crippen molar-refractivity contribution in [1.82, 2.24) is 10.6 Å². The molecule has 1 aromatic rings. The van der Waals surface area contributed by atoms with Crippen molar-refractivity contribution in [2.24, 2.45) is 11.3 Å². The molecule has 0 aliphatic carbocycles. The Kier molecular flexibility index (Phi) is 5.60. The third-order valence-corrected chi connectivity index (χ3v) is 4.46. The quantitative estimate of drug-likeness (QED) is 0.770. The molecule has 6 nitrogen and oxygen atoms in total. The van der Waals surface area contributed by atoms with E-state index < -0.39 is 5.60 Å². The summed E-state index contributed by atoms with van der Waals surface area (Å²) in [6.45, 7) is 11.3. The zero-order chi connectivity index (χ0) is 18.0. The van der Waals surface area contributed by atoms with Crippen LogP contribution in [0.15, 0.2) is 16.5 Å². The zero-order valence-electron chi connectivity index (χ0n) is 15.3. The van der Waals surface area contributed by atoms with Gasteiger partial charge < -0.3 is 24.9 Å². The smallest absolute Gasteiger partial charge is 0.314 e. The largest absolute Gasteiger partial charge is 0.463 e. The van der Waals surface area contributed by atoms with Crippen LogP contribution in [0.2, 0.25) is 0 Å². The minimum Gasteiger partial charge on any atom is -0.463 e. The van der Waals surface area contributed by atoms with Gasteiger partial charge in [-0.3, -0.25) is 0 Å². The third-order valence-electron chi connectivity index (χ3n) is 4.46. The van der Waals surface area contributed by atoms with Crippen LogP contribution < -0.4 is 10.6 Å². The first-order chi connectivity index (χ1) is 11.1. The van der Waals surface area contributed by atoms with Gasteiger partial charge in [0.25, 0.3) is 0 Å². The zero-order valence-corrected chi connectivity index (χ0v) is 15.3. The maximum Gasteiger partial charge on any atom is 0.314 e. The molecule has 0 spiro atoms. The monoisotopic (exact) mass is 338 g/mol. The number of ether oxygens (including phenoxy) is 1. The number of hydrogen-bond acceptors (Lipinski definition) is 4. The molecule has 2 rings (SSSR count). The van der Waals surface area contributed by atoms with Gasteiger partial charge in [-0.25, -0.2) is 4.79 Å². The first kappa shape index (κ1) is 18.8. The van der Waals surface area contributed by atoms with Crippen LogP contribution in [0.3, 0.4) is 0 Å². The number of aliphatic hydroxyl groups is 1. The fourth-order valence-electron chi connectivity index (χ4n) is 3.15. The first-order valence-electron chi connectivity index (χ1n) is 8.52. The summed E-state index contributed by atoms with van der Waals surface area (Å²) in [6, 6.07) is 3.22. The summed E-state index contributed by atoms with van der Waals surface area (Å²) in [5.74, 6) is 1.48. The van der Waals surface area contributed by atoms with Crippen molar-refractivity contribution in [2.75, 3.05) is 19.7 Å². The lowest BCUT2D eigenvalue weighted by molar-refractivity contribution is 0.00761. The lowest BCUT2D eigenvalue weighted by atomic mass is 9.81. The van der Waals surface area contributed by atoms with Gasteiger partial charge in [0.05, 0.1) is 12.6 Å². The minimum absolute atomic E-state index is 0.0557. The van der Waals surface area contributed by atoms with Crippen LogP contribution in [0.1, 0.15) is 45.6 Å². The second-order valence-electron chi connectivity index (χ2n) is 7.95. The molecule has 24 heavy (non-hydrogen) atoms. The maximum absolute atomic E-state index is 12.0. The number of nitrogens with one attached hydrogen (secondary N) is 2. The maximum atomic E-state index is 12.0. The van der Waals surface area contributed by atoms with Crippen LogP contribution in [0.5, 0.6) is 0 Å². The summed E-state index contributed by atoms with van der Waals surface area (Å²) in [4.78, 5) is 12.0. The Bertz CT molecular complexity index is 560. The SMILES string of the molecule is Cc1ccc([C@](C)(O)CNC(=O)NC[C@H]2CCO[C@H]2C(C)(C)C)o1. The van der Waals surface area contributed by atoms with Gasteiger partial charge in [0, 0.05) is 19.1 Å². The Morgan fingerprint density at radius 3 is 2.58 bits per heavy atom. The van der Waals surface area contributed by atoms with E-state index >= 15 is 0 Å². The van der Waals surface area contributed by atoms with Gasteiger partial charge in [0.15, 0.2) is 0 Å². The van der Waals surface area contributed by atoms with Crippen LogP contribution in [0.25, 0.3) is 0 Å². The van der Waals surface area contributed by atoms with Crippen LogP contribution in [-0.4, -0.2) is 36.9 Å². The summed E-state index contributed by atoms with van der Waals surface area (Å²) >= 11 is 0. The first-order valence-corrected chi connectivity index (χ1v) is 8.52. The van der Waals surface area contributed by atoms with Gasteiger partial charge in [0.2, 0.25) is 0 Å². The molecular weight excluding hydrogens is 308 g/mol. The number of carbonyl (C=O) groups is 1. The molecule has 3 N–H and O–H groups in total. The molecule has 1 saturated heterocycles. The average Bonchev–Trinajstić information content (AvgIpc) is 3.11. The number of hydrogen-bond donors (Lipinski definition) is 3. The van der Waals surface area contributed by atoms with Gasteiger partial charge in [-0.05, 0) is 37.8 Å². The topological polar surface area (TPSA) is 83.7 Å². The number of rotatable bonds is 5. The standard InChI is InChI=1S/C18H30N2O4/c1-12-6-7-14(24-12)18(5,22)11-20-16(21)19-10-13-8-9-23-15(13)17(2,3)4/h6-7,13,15,22H,8-11H2,1-5H3,(H2,19,20,21)/t13-,15-,18-/m1/s1. The van der Waals surface area contributed by atoms with Crippen LogP contribution in [0, 0.1) is 18.3 Å². The number of carbonyl (C=O) groups excluding carboxylic acids is 1. The second-order valence-corrected chi connectivity index (χ2v) is 7.95. The molecule has 0 unspecified atom stereocenters. The second kappa shape index (κ2) is 7.15. The molecule has 1 aromatic heterocycles. The van der Waals surface area contributed by atoms with Crippen LogP contribution in [-0.2, 0) is 10.3 Å². The molecule has 6 heteroatoms. The highest BCUT2D eigenvalue weighted by Crippen LogP contribution is 2.34. The Balaban J connectivity index is 1.79. The van der Waals surface area contributed by atoms with Crippen molar-refractivity contribution >= 4 is 6.03 Å². The number of amides is 2. The molecule has 0 aromatic carbocycles. The van der Waals surface area contributed by atoms with Crippen molar-refractivity contribution in [1.29, 1.82) is 0 Å². The fraction of sp³-hybridized carbons (Fsp3) is 0.722. The van der Waals surface area contributed by atoms with Gasteiger partial charge in [-0.1, -0.05) is 20.8 Å². The van der Waals surface area contributed by atoms with Crippen LogP contribution >= 0.6 is 0 Å². The molecule has 0 saturated carbocycles. The summed E-state index contributed by atoms with van der Waals surface area (Å²) < 4.78 is 11.2. The van der Waals surface area contributed by atoms with Gasteiger partial charge in [-0.15, -0.1) is 0 Å². The molecule has 1 aliphatic rings. The molecular formula is C18H30N2O4. The molecule has 2 heterocycles. The van der Waals surface area contributed by atoms with Gasteiger partial charge >= 0.3 is 6.03 Å². The Morgan fingerprint density at radius 2 is 2.00 bits per heavy atom. The minimum atomic E-state index is -1.24. The summed E-state index contributed by atoms with van der Waals surface area (Å²) in [6.07, 6.45) is 1.10. The van der Waals surface area contributed by atoms with E-state index in [9.17, 15) is 9.90 Å². The fourth-order valence-corrected chi connectivity index (χ4v) is 3.15. The summed E-state index contributed by atoms with van der Waals surface area (Å²) in [5, 5.41) is 16.0. The molecule has 1 aliphatic heterocycles. The van der Waals surface area contributed by atoms with E-state index in [1.165, 1.54) is 0 Å². The summed E-state index contributed by atoms with van der Waals surface area (Å²) in [5.41, 5.74) is -1.18. The Morgan fingerprint density at radius 1 is 1.29 bits per heavy atom.